The Balaban J connectivity index is 1.52. The summed E-state index contributed by atoms with van der Waals surface area (Å²) in [6.07, 6.45) is 1.14. The molecule has 3 aromatic rings. The number of ether oxygens (including phenoxy) is 1. The SMILES string of the molecule is O=C(Nc1ccn(Cc2ccc(C(=O)O)cc2)n1)OCc1ccccc1. The molecule has 1 heterocycles. The first-order valence-electron chi connectivity index (χ1n) is 7.93. The van der Waals surface area contributed by atoms with Gasteiger partial charge >= 0.3 is 12.1 Å². The standard InChI is InChI=1S/C19H17N3O4/c23-18(24)16-8-6-14(7-9-16)12-22-11-10-17(21-22)20-19(25)26-13-15-4-2-1-3-5-15/h1-11H,12-13H2,(H,23,24)(H,20,21,25). The molecule has 0 spiro atoms. The Morgan fingerprint density at radius 2 is 1.73 bits per heavy atom. The number of rotatable bonds is 6. The molecular formula is C19H17N3O4. The van der Waals surface area contributed by atoms with Gasteiger partial charge in [-0.25, -0.2) is 9.59 Å². The van der Waals surface area contributed by atoms with Crippen molar-refractivity contribution in [2.24, 2.45) is 0 Å². The second-order valence-corrected chi connectivity index (χ2v) is 5.59. The highest BCUT2D eigenvalue weighted by atomic mass is 16.5. The van der Waals surface area contributed by atoms with Gasteiger partial charge in [-0.15, -0.1) is 0 Å². The molecule has 2 aromatic carbocycles. The van der Waals surface area contributed by atoms with Crippen LogP contribution in [0.5, 0.6) is 0 Å². The molecule has 7 nitrogen and oxygen atoms in total. The van der Waals surface area contributed by atoms with Gasteiger partial charge < -0.3 is 9.84 Å². The van der Waals surface area contributed by atoms with Crippen molar-refractivity contribution in [1.82, 2.24) is 9.78 Å². The monoisotopic (exact) mass is 351 g/mol. The summed E-state index contributed by atoms with van der Waals surface area (Å²) < 4.78 is 6.78. The van der Waals surface area contributed by atoms with Gasteiger partial charge in [0.25, 0.3) is 0 Å². The summed E-state index contributed by atoms with van der Waals surface area (Å²) in [5, 5.41) is 15.7. The Bertz CT molecular complexity index is 889. The van der Waals surface area contributed by atoms with E-state index in [0.717, 1.165) is 11.1 Å². The van der Waals surface area contributed by atoms with Gasteiger partial charge in [-0.1, -0.05) is 42.5 Å². The third-order valence-corrected chi connectivity index (χ3v) is 3.63. The Hall–Kier alpha value is -3.61. The Morgan fingerprint density at radius 1 is 1.00 bits per heavy atom. The van der Waals surface area contributed by atoms with Crippen LogP contribution in [-0.2, 0) is 17.9 Å². The van der Waals surface area contributed by atoms with E-state index in [0.29, 0.717) is 12.4 Å². The van der Waals surface area contributed by atoms with Gasteiger partial charge in [-0.3, -0.25) is 10.00 Å². The van der Waals surface area contributed by atoms with E-state index in [1.54, 1.807) is 41.2 Å². The van der Waals surface area contributed by atoms with Crippen molar-refractivity contribution < 1.29 is 19.4 Å². The number of amides is 1. The van der Waals surface area contributed by atoms with Gasteiger partial charge in [-0.05, 0) is 23.3 Å². The maximum Gasteiger partial charge on any atom is 0.413 e. The second-order valence-electron chi connectivity index (χ2n) is 5.59. The average Bonchev–Trinajstić information content (AvgIpc) is 3.08. The second kappa shape index (κ2) is 7.98. The lowest BCUT2D eigenvalue weighted by Gasteiger charge is -2.05. The lowest BCUT2D eigenvalue weighted by atomic mass is 10.1. The number of carboxylic acids is 1. The van der Waals surface area contributed by atoms with Crippen molar-refractivity contribution >= 4 is 17.9 Å². The molecule has 2 N–H and O–H groups in total. The predicted molar refractivity (Wildman–Crippen MR) is 95.0 cm³/mol. The molecule has 0 atom stereocenters. The molecule has 3 rings (SSSR count). The van der Waals surface area contributed by atoms with Gasteiger partial charge in [0, 0.05) is 12.3 Å². The molecule has 1 amide bonds. The van der Waals surface area contributed by atoms with Crippen LogP contribution in [0.2, 0.25) is 0 Å². The van der Waals surface area contributed by atoms with E-state index in [-0.39, 0.29) is 12.2 Å². The molecule has 0 unspecified atom stereocenters. The lowest BCUT2D eigenvalue weighted by Crippen LogP contribution is -2.14. The molecule has 0 aliphatic heterocycles. The van der Waals surface area contributed by atoms with Crippen LogP contribution in [0.3, 0.4) is 0 Å². The zero-order chi connectivity index (χ0) is 18.4. The summed E-state index contributed by atoms with van der Waals surface area (Å²) >= 11 is 0. The quantitative estimate of drug-likeness (QED) is 0.710. The van der Waals surface area contributed by atoms with E-state index in [1.807, 2.05) is 30.3 Å². The first kappa shape index (κ1) is 17.2. The van der Waals surface area contributed by atoms with Crippen LogP contribution in [0, 0.1) is 0 Å². The molecule has 0 bridgehead atoms. The number of aromatic nitrogens is 2. The van der Waals surface area contributed by atoms with E-state index in [9.17, 15) is 9.59 Å². The number of aromatic carboxylic acids is 1. The first-order valence-corrected chi connectivity index (χ1v) is 7.93. The molecule has 0 fully saturated rings. The summed E-state index contributed by atoms with van der Waals surface area (Å²) in [4.78, 5) is 22.7. The van der Waals surface area contributed by atoms with Crippen LogP contribution in [0.25, 0.3) is 0 Å². The number of nitrogens with one attached hydrogen (secondary N) is 1. The van der Waals surface area contributed by atoms with E-state index in [1.165, 1.54) is 0 Å². The maximum absolute atomic E-state index is 11.8. The maximum atomic E-state index is 11.8. The Labute approximate surface area is 149 Å². The topological polar surface area (TPSA) is 93.5 Å². The van der Waals surface area contributed by atoms with Crippen LogP contribution in [0.1, 0.15) is 21.5 Å². The first-order chi connectivity index (χ1) is 12.6. The summed E-state index contributed by atoms with van der Waals surface area (Å²) in [5.74, 6) is -0.582. The number of anilines is 1. The predicted octanol–water partition coefficient (Wildman–Crippen LogP) is 3.38. The number of hydrogen-bond acceptors (Lipinski definition) is 4. The third kappa shape index (κ3) is 4.70. The molecule has 0 saturated carbocycles. The molecule has 7 heteroatoms. The van der Waals surface area contributed by atoms with Gasteiger partial charge in [0.05, 0.1) is 12.1 Å². The molecular weight excluding hydrogens is 334 g/mol. The minimum absolute atomic E-state index is 0.184. The summed E-state index contributed by atoms with van der Waals surface area (Å²) in [6, 6.07) is 17.6. The third-order valence-electron chi connectivity index (χ3n) is 3.63. The summed E-state index contributed by atoms with van der Waals surface area (Å²) in [5.41, 5.74) is 2.03. The molecule has 0 saturated heterocycles. The zero-order valence-electron chi connectivity index (χ0n) is 13.8. The van der Waals surface area contributed by atoms with Crippen molar-refractivity contribution in [2.75, 3.05) is 5.32 Å². The fourth-order valence-electron chi connectivity index (χ4n) is 2.32. The van der Waals surface area contributed by atoms with Gasteiger partial charge in [0.15, 0.2) is 5.82 Å². The number of nitrogens with zero attached hydrogens (tertiary/aromatic N) is 2. The number of hydrogen-bond donors (Lipinski definition) is 2. The molecule has 132 valence electrons. The van der Waals surface area contributed by atoms with E-state index in [2.05, 4.69) is 10.4 Å². The van der Waals surface area contributed by atoms with E-state index < -0.39 is 12.1 Å². The molecule has 0 radical (unpaired) electrons. The van der Waals surface area contributed by atoms with Crippen LogP contribution >= 0.6 is 0 Å². The van der Waals surface area contributed by atoms with Crippen LogP contribution in [-0.4, -0.2) is 26.9 Å². The highest BCUT2D eigenvalue weighted by Gasteiger charge is 2.07. The number of carbonyl (C=O) groups is 2. The number of carboxylic acid groups (broad SMARTS) is 1. The molecule has 0 aliphatic rings. The normalized spacial score (nSPS) is 10.3. The Kier molecular flexibility index (Phi) is 5.28. The Morgan fingerprint density at radius 3 is 2.42 bits per heavy atom. The number of benzene rings is 2. The molecule has 26 heavy (non-hydrogen) atoms. The van der Waals surface area contributed by atoms with E-state index in [4.69, 9.17) is 9.84 Å². The van der Waals surface area contributed by atoms with E-state index >= 15 is 0 Å². The zero-order valence-corrected chi connectivity index (χ0v) is 13.8. The average molecular weight is 351 g/mol. The largest absolute Gasteiger partial charge is 0.478 e. The van der Waals surface area contributed by atoms with Crippen molar-refractivity contribution in [1.29, 1.82) is 0 Å². The fourth-order valence-corrected chi connectivity index (χ4v) is 2.32. The van der Waals surface area contributed by atoms with Gasteiger partial charge in [0.2, 0.25) is 0 Å². The molecule has 0 aliphatic carbocycles. The van der Waals surface area contributed by atoms with Crippen molar-refractivity contribution in [3.8, 4) is 0 Å². The minimum Gasteiger partial charge on any atom is -0.478 e. The summed E-state index contributed by atoms with van der Waals surface area (Å²) in [7, 11) is 0. The lowest BCUT2D eigenvalue weighted by molar-refractivity contribution is 0.0697. The van der Waals surface area contributed by atoms with Crippen LogP contribution < -0.4 is 5.32 Å². The van der Waals surface area contributed by atoms with Crippen molar-refractivity contribution in [3.05, 3.63) is 83.6 Å². The fraction of sp³-hybridized carbons (Fsp3) is 0.105. The highest BCUT2D eigenvalue weighted by Crippen LogP contribution is 2.09. The molecule has 1 aromatic heterocycles. The van der Waals surface area contributed by atoms with Gasteiger partial charge in [0.1, 0.15) is 6.61 Å². The number of carbonyl (C=O) groups excluding carboxylic acids is 1. The smallest absolute Gasteiger partial charge is 0.413 e. The summed E-state index contributed by atoms with van der Waals surface area (Å²) in [6.45, 7) is 0.643. The van der Waals surface area contributed by atoms with Gasteiger partial charge in [-0.2, -0.15) is 5.10 Å². The van der Waals surface area contributed by atoms with Crippen LogP contribution in [0.15, 0.2) is 66.9 Å². The van der Waals surface area contributed by atoms with Crippen molar-refractivity contribution in [3.63, 3.8) is 0 Å². The highest BCUT2D eigenvalue weighted by molar-refractivity contribution is 5.87. The van der Waals surface area contributed by atoms with Crippen LogP contribution in [0.4, 0.5) is 10.6 Å². The minimum atomic E-state index is -0.962. The van der Waals surface area contributed by atoms with Crippen molar-refractivity contribution in [2.45, 2.75) is 13.2 Å².